The number of anilines is 2. The fourth-order valence-corrected chi connectivity index (χ4v) is 2.80. The van der Waals surface area contributed by atoms with Crippen LogP contribution in [0.1, 0.15) is 5.56 Å². The Morgan fingerprint density at radius 1 is 1.23 bits per heavy atom. The number of aliphatic imine (C=N–C) groups is 1. The van der Waals surface area contributed by atoms with Gasteiger partial charge in [0, 0.05) is 17.7 Å². The van der Waals surface area contributed by atoms with Crippen LogP contribution in [-0.4, -0.2) is 36.0 Å². The van der Waals surface area contributed by atoms with Crippen LogP contribution >= 0.6 is 0 Å². The van der Waals surface area contributed by atoms with Crippen molar-refractivity contribution in [1.29, 1.82) is 0 Å². The van der Waals surface area contributed by atoms with Crippen LogP contribution in [0.4, 0.5) is 11.8 Å². The summed E-state index contributed by atoms with van der Waals surface area (Å²) in [6.07, 6.45) is 4.00. The van der Waals surface area contributed by atoms with Crippen LogP contribution in [0.3, 0.4) is 0 Å². The third-order valence-corrected chi connectivity index (χ3v) is 3.81. The van der Waals surface area contributed by atoms with Gasteiger partial charge in [0.2, 0.25) is 5.95 Å². The smallest absolute Gasteiger partial charge is 0.222 e. The first-order valence-electron chi connectivity index (χ1n) is 7.08. The summed E-state index contributed by atoms with van der Waals surface area (Å²) in [6.45, 7) is 1.60. The molecule has 2 aliphatic heterocycles. The molecular weight excluding hydrogens is 278 g/mol. The molecule has 2 N–H and O–H groups in total. The second kappa shape index (κ2) is 4.84. The van der Waals surface area contributed by atoms with Crippen molar-refractivity contribution in [3.05, 3.63) is 35.9 Å². The van der Waals surface area contributed by atoms with Crippen LogP contribution in [0.15, 0.2) is 35.3 Å². The van der Waals surface area contributed by atoms with Crippen molar-refractivity contribution in [3.8, 4) is 17.0 Å². The van der Waals surface area contributed by atoms with Crippen LogP contribution < -0.4 is 15.4 Å². The topological polar surface area (TPSA) is 76.6 Å². The third-order valence-electron chi connectivity index (χ3n) is 3.81. The van der Waals surface area contributed by atoms with Gasteiger partial charge < -0.3 is 15.4 Å². The van der Waals surface area contributed by atoms with Crippen LogP contribution in [-0.2, 0) is 0 Å². The summed E-state index contributed by atoms with van der Waals surface area (Å²) in [4.78, 5) is 15.4. The normalized spacial score (nSPS) is 15.3. The van der Waals surface area contributed by atoms with Crippen molar-refractivity contribution in [3.63, 3.8) is 0 Å². The molecule has 0 spiro atoms. The second-order valence-electron chi connectivity index (χ2n) is 5.12. The van der Waals surface area contributed by atoms with E-state index in [-0.39, 0.29) is 5.95 Å². The first-order chi connectivity index (χ1) is 10.8. The highest BCUT2D eigenvalue weighted by atomic mass is 16.5. The largest absolute Gasteiger partial charge is 0.497 e. The molecule has 1 aromatic carbocycles. The van der Waals surface area contributed by atoms with Gasteiger partial charge in [0.1, 0.15) is 17.4 Å². The molecule has 0 saturated carbocycles. The SMILES string of the molecule is COc1cccc(-c2nc(N)nc3c2C=CC2=NCCN23)c1. The molecule has 1 aromatic heterocycles. The number of amidine groups is 1. The number of benzene rings is 1. The van der Waals surface area contributed by atoms with Crippen molar-refractivity contribution >= 4 is 23.7 Å². The van der Waals surface area contributed by atoms with Crippen molar-refractivity contribution in [2.24, 2.45) is 4.99 Å². The molecule has 6 heteroatoms. The molecule has 2 aromatic rings. The molecular formula is C16H15N5O. The number of nitrogens with zero attached hydrogens (tertiary/aromatic N) is 4. The summed E-state index contributed by atoms with van der Waals surface area (Å²) < 4.78 is 5.30. The third kappa shape index (κ3) is 1.92. The minimum absolute atomic E-state index is 0.262. The van der Waals surface area contributed by atoms with E-state index in [9.17, 15) is 0 Å². The molecule has 0 radical (unpaired) electrons. The predicted molar refractivity (Wildman–Crippen MR) is 87.1 cm³/mol. The van der Waals surface area contributed by atoms with E-state index in [1.54, 1.807) is 7.11 Å². The van der Waals surface area contributed by atoms with Crippen molar-refractivity contribution in [2.75, 3.05) is 30.8 Å². The highest BCUT2D eigenvalue weighted by Crippen LogP contribution is 2.35. The zero-order chi connectivity index (χ0) is 15.1. The van der Waals surface area contributed by atoms with Crippen molar-refractivity contribution in [1.82, 2.24) is 9.97 Å². The number of hydrogen-bond acceptors (Lipinski definition) is 6. The lowest BCUT2D eigenvalue weighted by atomic mass is 10.0. The highest BCUT2D eigenvalue weighted by Gasteiger charge is 2.26. The van der Waals surface area contributed by atoms with E-state index in [0.29, 0.717) is 0 Å². The minimum atomic E-state index is 0.262. The van der Waals surface area contributed by atoms with Crippen LogP contribution in [0.25, 0.3) is 17.3 Å². The Morgan fingerprint density at radius 2 is 2.14 bits per heavy atom. The standard InChI is InChI=1S/C16H15N5O/c1-22-11-4-2-3-10(9-11)14-12-5-6-13-18-7-8-21(13)15(12)20-16(17)19-14/h2-6,9H,7-8H2,1H3,(H2,17,19,20). The maximum absolute atomic E-state index is 5.93. The molecule has 2 aliphatic rings. The molecule has 0 bridgehead atoms. The lowest BCUT2D eigenvalue weighted by molar-refractivity contribution is 0.415. The fraction of sp³-hybridized carbons (Fsp3) is 0.188. The molecule has 0 unspecified atom stereocenters. The number of methoxy groups -OCH3 is 1. The quantitative estimate of drug-likeness (QED) is 0.916. The van der Waals surface area contributed by atoms with Crippen molar-refractivity contribution < 1.29 is 4.74 Å². The van der Waals surface area contributed by atoms with E-state index < -0.39 is 0 Å². The van der Waals surface area contributed by atoms with Gasteiger partial charge in [-0.3, -0.25) is 4.99 Å². The summed E-state index contributed by atoms with van der Waals surface area (Å²) in [7, 11) is 1.65. The number of fused-ring (bicyclic) bond motifs is 3. The molecule has 22 heavy (non-hydrogen) atoms. The molecule has 4 rings (SSSR count). The Balaban J connectivity index is 1.92. The lowest BCUT2D eigenvalue weighted by Crippen LogP contribution is -2.30. The number of hydrogen-bond donors (Lipinski definition) is 1. The molecule has 0 fully saturated rings. The molecule has 3 heterocycles. The number of aromatic nitrogens is 2. The molecule has 0 amide bonds. The van der Waals surface area contributed by atoms with E-state index in [1.807, 2.05) is 36.4 Å². The van der Waals surface area contributed by atoms with E-state index in [2.05, 4.69) is 19.9 Å². The summed E-state index contributed by atoms with van der Waals surface area (Å²) in [5.74, 6) is 2.80. The summed E-state index contributed by atoms with van der Waals surface area (Å²) in [5, 5.41) is 0. The predicted octanol–water partition coefficient (Wildman–Crippen LogP) is 1.98. The fourth-order valence-electron chi connectivity index (χ4n) is 2.80. The molecule has 6 nitrogen and oxygen atoms in total. The average molecular weight is 293 g/mol. The molecule has 0 saturated heterocycles. The second-order valence-corrected chi connectivity index (χ2v) is 5.12. The molecule has 0 aliphatic carbocycles. The Morgan fingerprint density at radius 3 is 3.00 bits per heavy atom. The van der Waals surface area contributed by atoms with Gasteiger partial charge in [0.25, 0.3) is 0 Å². The van der Waals surface area contributed by atoms with Crippen LogP contribution in [0.5, 0.6) is 5.75 Å². The number of ether oxygens (including phenoxy) is 1. The van der Waals surface area contributed by atoms with Crippen LogP contribution in [0, 0.1) is 0 Å². The minimum Gasteiger partial charge on any atom is -0.497 e. The average Bonchev–Trinajstić information content (AvgIpc) is 3.03. The number of rotatable bonds is 2. The van der Waals surface area contributed by atoms with Gasteiger partial charge in [-0.25, -0.2) is 4.98 Å². The van der Waals surface area contributed by atoms with Gasteiger partial charge in [-0.15, -0.1) is 0 Å². The maximum Gasteiger partial charge on any atom is 0.222 e. The Bertz CT molecular complexity index is 812. The monoisotopic (exact) mass is 293 g/mol. The summed E-state index contributed by atoms with van der Waals surface area (Å²) in [5.41, 5.74) is 8.65. The molecule has 0 atom stereocenters. The summed E-state index contributed by atoms with van der Waals surface area (Å²) in [6, 6.07) is 7.78. The zero-order valence-corrected chi connectivity index (χ0v) is 12.2. The van der Waals surface area contributed by atoms with Gasteiger partial charge in [-0.2, -0.15) is 4.98 Å². The molecule has 110 valence electrons. The van der Waals surface area contributed by atoms with Crippen molar-refractivity contribution in [2.45, 2.75) is 0 Å². The summed E-state index contributed by atoms with van der Waals surface area (Å²) >= 11 is 0. The Labute approximate surface area is 128 Å². The first-order valence-corrected chi connectivity index (χ1v) is 7.08. The van der Waals surface area contributed by atoms with E-state index in [1.165, 1.54) is 0 Å². The zero-order valence-electron chi connectivity index (χ0n) is 12.2. The maximum atomic E-state index is 5.93. The Hall–Kier alpha value is -2.89. The Kier molecular flexibility index (Phi) is 2.82. The van der Waals surface area contributed by atoms with Gasteiger partial charge >= 0.3 is 0 Å². The lowest BCUT2D eigenvalue weighted by Gasteiger charge is -2.24. The van der Waals surface area contributed by atoms with E-state index >= 15 is 0 Å². The number of nitrogen functional groups attached to an aromatic ring is 1. The van der Waals surface area contributed by atoms with Gasteiger partial charge in [0.15, 0.2) is 0 Å². The van der Waals surface area contributed by atoms with Gasteiger partial charge in [-0.05, 0) is 24.3 Å². The van der Waals surface area contributed by atoms with Gasteiger partial charge in [0.05, 0.1) is 19.3 Å². The highest BCUT2D eigenvalue weighted by molar-refractivity contribution is 6.13. The first kappa shape index (κ1) is 12.8. The van der Waals surface area contributed by atoms with Crippen LogP contribution in [0.2, 0.25) is 0 Å². The van der Waals surface area contributed by atoms with E-state index in [0.717, 1.165) is 47.3 Å². The van der Waals surface area contributed by atoms with Gasteiger partial charge in [-0.1, -0.05) is 12.1 Å². The number of nitrogens with two attached hydrogens (primary N) is 1. The van der Waals surface area contributed by atoms with E-state index in [4.69, 9.17) is 10.5 Å².